The molecule has 0 saturated carbocycles. The van der Waals surface area contributed by atoms with Gasteiger partial charge in [-0.05, 0) is 46.6 Å². The Hall–Kier alpha value is -4.49. The van der Waals surface area contributed by atoms with E-state index in [0.29, 0.717) is 43.3 Å². The van der Waals surface area contributed by atoms with Gasteiger partial charge >= 0.3 is 6.09 Å². The highest BCUT2D eigenvalue weighted by Crippen LogP contribution is 2.32. The number of nitrogens with zero attached hydrogens (tertiary/aromatic N) is 7. The summed E-state index contributed by atoms with van der Waals surface area (Å²) in [5.74, 6) is -3.63. The summed E-state index contributed by atoms with van der Waals surface area (Å²) in [6.07, 6.45) is 4.22. The summed E-state index contributed by atoms with van der Waals surface area (Å²) in [6, 6.07) is 2.03. The Kier molecular flexibility index (Phi) is 7.41. The van der Waals surface area contributed by atoms with Crippen molar-refractivity contribution in [1.82, 2.24) is 34.5 Å². The zero-order valence-corrected chi connectivity index (χ0v) is 22.9. The number of carbonyl (C=O) groups excluding carboxylic acids is 2. The molecule has 11 nitrogen and oxygen atoms in total. The second kappa shape index (κ2) is 10.8. The lowest BCUT2D eigenvalue weighted by atomic mass is 10.0. The second-order valence-corrected chi connectivity index (χ2v) is 10.7. The first-order chi connectivity index (χ1) is 19.4. The van der Waals surface area contributed by atoms with Crippen LogP contribution in [-0.2, 0) is 4.74 Å². The lowest BCUT2D eigenvalue weighted by Crippen LogP contribution is -2.42. The van der Waals surface area contributed by atoms with E-state index in [-0.39, 0.29) is 23.4 Å². The minimum absolute atomic E-state index is 0.00716. The molecule has 14 heteroatoms. The van der Waals surface area contributed by atoms with Gasteiger partial charge in [0.15, 0.2) is 18.2 Å². The standard InChI is InChI=1S/C27H28F3N7O4/c1-15-23(33-34-37(15)18-5-7-35(8-6-18)26(39)41-27(2,3)4)16-9-22(25-20(30)12-32-36(25)13-16)40-14-21(38)24-19(29)10-17(28)11-31-24/h9-13,18H,5-8,14H2,1-4H3. The summed E-state index contributed by atoms with van der Waals surface area (Å²) in [5, 5.41) is 12.7. The Balaban J connectivity index is 1.36. The average molecular weight is 572 g/mol. The summed E-state index contributed by atoms with van der Waals surface area (Å²) in [7, 11) is 0. The van der Waals surface area contributed by atoms with Gasteiger partial charge in [0.2, 0.25) is 5.78 Å². The summed E-state index contributed by atoms with van der Waals surface area (Å²) >= 11 is 0. The van der Waals surface area contributed by atoms with Gasteiger partial charge in [-0.3, -0.25) is 4.79 Å². The summed E-state index contributed by atoms with van der Waals surface area (Å²) in [5.41, 5.74) is 0.502. The number of amides is 1. The van der Waals surface area contributed by atoms with Crippen LogP contribution >= 0.6 is 0 Å². The smallest absolute Gasteiger partial charge is 0.410 e. The number of hydrogen-bond acceptors (Lipinski definition) is 8. The molecule has 41 heavy (non-hydrogen) atoms. The highest BCUT2D eigenvalue weighted by molar-refractivity contribution is 5.95. The summed E-state index contributed by atoms with van der Waals surface area (Å²) in [6.45, 7) is 7.64. The first-order valence-corrected chi connectivity index (χ1v) is 13.0. The van der Waals surface area contributed by atoms with E-state index in [0.717, 1.165) is 18.1 Å². The van der Waals surface area contributed by atoms with Crippen molar-refractivity contribution in [2.75, 3.05) is 19.7 Å². The van der Waals surface area contributed by atoms with E-state index in [4.69, 9.17) is 9.47 Å². The number of aromatic nitrogens is 6. The number of halogens is 3. The van der Waals surface area contributed by atoms with Crippen molar-refractivity contribution in [1.29, 1.82) is 0 Å². The number of likely N-dealkylation sites (tertiary alicyclic amines) is 1. The van der Waals surface area contributed by atoms with E-state index in [1.54, 1.807) is 15.8 Å². The minimum atomic E-state index is -1.13. The van der Waals surface area contributed by atoms with Gasteiger partial charge in [0.05, 0.1) is 24.1 Å². The molecule has 4 aromatic heterocycles. The number of pyridine rings is 2. The molecule has 0 bridgehead atoms. The van der Waals surface area contributed by atoms with E-state index in [1.165, 1.54) is 10.6 Å². The Morgan fingerprint density at radius 2 is 1.80 bits per heavy atom. The third kappa shape index (κ3) is 5.86. The van der Waals surface area contributed by atoms with Crippen molar-refractivity contribution >= 4 is 17.4 Å². The molecule has 216 valence electrons. The second-order valence-electron chi connectivity index (χ2n) is 10.7. The third-order valence-corrected chi connectivity index (χ3v) is 6.63. The highest BCUT2D eigenvalue weighted by Gasteiger charge is 2.29. The van der Waals surface area contributed by atoms with E-state index >= 15 is 0 Å². The molecule has 1 aliphatic rings. The van der Waals surface area contributed by atoms with Crippen molar-refractivity contribution in [3.8, 4) is 17.0 Å². The van der Waals surface area contributed by atoms with Crippen LogP contribution in [0.15, 0.2) is 30.7 Å². The third-order valence-electron chi connectivity index (χ3n) is 6.63. The fraction of sp³-hybridized carbons (Fsp3) is 0.407. The number of fused-ring (bicyclic) bond motifs is 1. The number of ketones is 1. The fourth-order valence-corrected chi connectivity index (χ4v) is 4.69. The van der Waals surface area contributed by atoms with Crippen molar-refractivity contribution < 1.29 is 32.2 Å². The van der Waals surface area contributed by atoms with Crippen LogP contribution in [0.5, 0.6) is 5.75 Å². The number of Topliss-reactive ketones (excluding diaryl/α,β-unsaturated/α-hetero) is 1. The number of rotatable bonds is 6. The molecule has 1 amide bonds. The maximum atomic E-state index is 14.6. The van der Waals surface area contributed by atoms with Gasteiger partial charge in [0.1, 0.15) is 34.1 Å². The van der Waals surface area contributed by atoms with Gasteiger partial charge in [-0.2, -0.15) is 5.10 Å². The monoisotopic (exact) mass is 571 g/mol. The molecular formula is C27H28F3N7O4. The van der Waals surface area contributed by atoms with Crippen molar-refractivity contribution in [3.63, 3.8) is 0 Å². The molecule has 0 atom stereocenters. The minimum Gasteiger partial charge on any atom is -0.483 e. The normalized spacial score (nSPS) is 14.5. The number of ether oxygens (including phenoxy) is 2. The van der Waals surface area contributed by atoms with Crippen LogP contribution < -0.4 is 4.74 Å². The molecule has 4 aromatic rings. The van der Waals surface area contributed by atoms with Gasteiger partial charge in [-0.25, -0.2) is 32.1 Å². The van der Waals surface area contributed by atoms with Crippen LogP contribution in [0, 0.1) is 24.4 Å². The Morgan fingerprint density at radius 1 is 1.07 bits per heavy atom. The molecule has 1 fully saturated rings. The zero-order valence-electron chi connectivity index (χ0n) is 22.9. The predicted molar refractivity (Wildman–Crippen MR) is 139 cm³/mol. The number of carbonyl (C=O) groups is 2. The zero-order chi connectivity index (χ0) is 29.5. The molecule has 0 N–H and O–H groups in total. The molecular weight excluding hydrogens is 543 g/mol. The van der Waals surface area contributed by atoms with Gasteiger partial charge in [-0.15, -0.1) is 5.10 Å². The van der Waals surface area contributed by atoms with E-state index in [1.807, 2.05) is 27.7 Å². The van der Waals surface area contributed by atoms with Crippen LogP contribution in [0.3, 0.4) is 0 Å². The van der Waals surface area contributed by atoms with Crippen LogP contribution in [0.4, 0.5) is 18.0 Å². The van der Waals surface area contributed by atoms with Gasteiger partial charge < -0.3 is 14.4 Å². The largest absolute Gasteiger partial charge is 0.483 e. The lowest BCUT2D eigenvalue weighted by molar-refractivity contribution is 0.0183. The van der Waals surface area contributed by atoms with E-state index in [2.05, 4.69) is 20.4 Å². The maximum absolute atomic E-state index is 14.6. The van der Waals surface area contributed by atoms with E-state index in [9.17, 15) is 22.8 Å². The molecule has 5 heterocycles. The van der Waals surface area contributed by atoms with E-state index < -0.39 is 41.1 Å². The fourth-order valence-electron chi connectivity index (χ4n) is 4.69. The van der Waals surface area contributed by atoms with Crippen molar-refractivity contribution in [2.45, 2.75) is 52.2 Å². The molecule has 0 unspecified atom stereocenters. The topological polar surface area (TPSA) is 117 Å². The summed E-state index contributed by atoms with van der Waals surface area (Å²) in [4.78, 5) is 30.1. The molecule has 0 aromatic carbocycles. The SMILES string of the molecule is Cc1c(-c2cc(OCC(=O)c3ncc(F)cc3F)c3c(F)cnn3c2)nnn1C1CCN(C(=O)OC(C)(C)C)CC1. The molecule has 0 radical (unpaired) electrons. The average Bonchev–Trinajstić information content (AvgIpc) is 3.48. The lowest BCUT2D eigenvalue weighted by Gasteiger charge is -2.33. The van der Waals surface area contributed by atoms with Crippen LogP contribution in [0.1, 0.15) is 55.8 Å². The Labute approximate surface area is 232 Å². The van der Waals surface area contributed by atoms with Gasteiger partial charge in [0, 0.05) is 30.9 Å². The Bertz CT molecular complexity index is 1620. The van der Waals surface area contributed by atoms with Crippen LogP contribution in [0.25, 0.3) is 16.8 Å². The van der Waals surface area contributed by atoms with Crippen molar-refractivity contribution in [3.05, 3.63) is 59.6 Å². The molecule has 0 aliphatic carbocycles. The number of hydrogen-bond donors (Lipinski definition) is 0. The molecule has 0 spiro atoms. The molecule has 1 saturated heterocycles. The number of piperidine rings is 1. The highest BCUT2D eigenvalue weighted by atomic mass is 19.1. The first kappa shape index (κ1) is 28.1. The Morgan fingerprint density at radius 3 is 2.49 bits per heavy atom. The van der Waals surface area contributed by atoms with Crippen molar-refractivity contribution in [2.24, 2.45) is 0 Å². The van der Waals surface area contributed by atoms with Crippen LogP contribution in [0.2, 0.25) is 0 Å². The first-order valence-electron chi connectivity index (χ1n) is 13.0. The molecule has 5 rings (SSSR count). The van der Waals surface area contributed by atoms with Gasteiger partial charge in [0.25, 0.3) is 0 Å². The molecule has 1 aliphatic heterocycles. The van der Waals surface area contributed by atoms with Crippen LogP contribution in [-0.4, -0.2) is 71.7 Å². The summed E-state index contributed by atoms with van der Waals surface area (Å²) < 4.78 is 55.9. The predicted octanol–water partition coefficient (Wildman–Crippen LogP) is 4.55. The van der Waals surface area contributed by atoms with Gasteiger partial charge in [-0.1, -0.05) is 5.21 Å². The maximum Gasteiger partial charge on any atom is 0.410 e. The quantitative estimate of drug-likeness (QED) is 0.310.